The van der Waals surface area contributed by atoms with E-state index in [2.05, 4.69) is 44.8 Å². The topological polar surface area (TPSA) is 61.2 Å². The summed E-state index contributed by atoms with van der Waals surface area (Å²) in [4.78, 5) is 4.92. The zero-order valence-electron chi connectivity index (χ0n) is 20.8. The molecule has 0 atom stereocenters. The first-order valence-electron chi connectivity index (χ1n) is 12.8. The minimum Gasteiger partial charge on any atom is -0.347 e. The van der Waals surface area contributed by atoms with Gasteiger partial charge in [-0.15, -0.1) is 0 Å². The zero-order valence-corrected chi connectivity index (χ0v) is 22.3. The number of fused-ring (bicyclic) bond motifs is 1. The molecule has 4 aromatic rings. The van der Waals surface area contributed by atoms with E-state index in [1.54, 1.807) is 0 Å². The summed E-state index contributed by atoms with van der Waals surface area (Å²) in [6, 6.07) is 22.7. The molecule has 0 amide bonds. The number of hydrogen-bond acceptors (Lipinski definition) is 4. The van der Waals surface area contributed by atoms with Gasteiger partial charge < -0.3 is 10.3 Å². The van der Waals surface area contributed by atoms with Crippen molar-refractivity contribution in [1.29, 1.82) is 5.26 Å². The molecule has 0 aliphatic carbocycles. The van der Waals surface area contributed by atoms with Gasteiger partial charge in [0.1, 0.15) is 0 Å². The van der Waals surface area contributed by atoms with Crippen LogP contribution in [0, 0.1) is 11.3 Å². The van der Waals surface area contributed by atoms with E-state index < -0.39 is 0 Å². The van der Waals surface area contributed by atoms with Crippen LogP contribution in [0.1, 0.15) is 23.1 Å². The molecule has 0 spiro atoms. The number of rotatable bonds is 8. The van der Waals surface area contributed by atoms with Gasteiger partial charge in [0.05, 0.1) is 11.6 Å². The standard InChI is InChI=1S/C30H31Cl2N5/c31-28-7-3-8-29(32)27(28)20-36-15-13-35(14-16-36)19-22-9-10-30-25(17-22)26(21-37(30)12-4-11-33)24-6-2-1-5-23(24)18-34/h1-3,5-10,17,21H,4,11-16,19-20,33H2. The van der Waals surface area contributed by atoms with Crippen molar-refractivity contribution < 1.29 is 0 Å². The Morgan fingerprint density at radius 2 is 1.54 bits per heavy atom. The van der Waals surface area contributed by atoms with Gasteiger partial charge >= 0.3 is 0 Å². The Morgan fingerprint density at radius 1 is 0.838 bits per heavy atom. The summed E-state index contributed by atoms with van der Waals surface area (Å²) in [5.41, 5.74) is 12.0. The van der Waals surface area contributed by atoms with E-state index in [1.807, 2.05) is 42.5 Å². The molecule has 1 aliphatic rings. The maximum absolute atomic E-state index is 9.72. The van der Waals surface area contributed by atoms with Gasteiger partial charge in [-0.05, 0) is 48.9 Å². The van der Waals surface area contributed by atoms with Crippen LogP contribution in [0.4, 0.5) is 0 Å². The first kappa shape index (κ1) is 25.8. The molecule has 0 bridgehead atoms. The van der Waals surface area contributed by atoms with Gasteiger partial charge in [0, 0.05) is 89.6 Å². The van der Waals surface area contributed by atoms with Gasteiger partial charge in [-0.2, -0.15) is 5.26 Å². The molecule has 190 valence electrons. The maximum atomic E-state index is 9.72. The first-order chi connectivity index (χ1) is 18.1. The highest BCUT2D eigenvalue weighted by Crippen LogP contribution is 2.34. The summed E-state index contributed by atoms with van der Waals surface area (Å²) in [6.07, 6.45) is 3.09. The highest BCUT2D eigenvalue weighted by molar-refractivity contribution is 6.35. The molecule has 1 aromatic heterocycles. The zero-order chi connectivity index (χ0) is 25.8. The lowest BCUT2D eigenvalue weighted by molar-refractivity contribution is 0.122. The van der Waals surface area contributed by atoms with Crippen LogP contribution in [0.15, 0.2) is 66.9 Å². The normalized spacial score (nSPS) is 14.8. The van der Waals surface area contributed by atoms with Crippen molar-refractivity contribution in [2.24, 2.45) is 5.73 Å². The van der Waals surface area contributed by atoms with Crippen LogP contribution in [-0.4, -0.2) is 47.1 Å². The van der Waals surface area contributed by atoms with Gasteiger partial charge in [-0.25, -0.2) is 0 Å². The quantitative estimate of drug-likeness (QED) is 0.296. The van der Waals surface area contributed by atoms with E-state index in [-0.39, 0.29) is 0 Å². The molecule has 1 fully saturated rings. The van der Waals surface area contributed by atoms with Gasteiger partial charge in [0.25, 0.3) is 0 Å². The van der Waals surface area contributed by atoms with Crippen molar-refractivity contribution in [3.63, 3.8) is 0 Å². The Hall–Kier alpha value is -2.85. The molecular weight excluding hydrogens is 501 g/mol. The fraction of sp³-hybridized carbons (Fsp3) is 0.300. The van der Waals surface area contributed by atoms with E-state index in [0.29, 0.717) is 12.1 Å². The second-order valence-corrected chi connectivity index (χ2v) is 10.5. The molecule has 0 saturated carbocycles. The number of piperazine rings is 1. The number of nitriles is 1. The molecule has 37 heavy (non-hydrogen) atoms. The third kappa shape index (κ3) is 5.70. The first-order valence-corrected chi connectivity index (χ1v) is 13.5. The molecule has 2 N–H and O–H groups in total. The Balaban J connectivity index is 1.34. The number of benzene rings is 3. The van der Waals surface area contributed by atoms with Crippen molar-refractivity contribution >= 4 is 34.1 Å². The van der Waals surface area contributed by atoms with Crippen molar-refractivity contribution in [2.75, 3.05) is 32.7 Å². The van der Waals surface area contributed by atoms with Gasteiger partial charge in [-0.3, -0.25) is 9.80 Å². The lowest BCUT2D eigenvalue weighted by Crippen LogP contribution is -2.45. The summed E-state index contributed by atoms with van der Waals surface area (Å²) < 4.78 is 2.27. The molecule has 0 unspecified atom stereocenters. The van der Waals surface area contributed by atoms with Crippen molar-refractivity contribution in [3.8, 4) is 17.2 Å². The Kier molecular flexibility index (Phi) is 8.14. The Bertz CT molecular complexity index is 1410. The Morgan fingerprint density at radius 3 is 2.24 bits per heavy atom. The summed E-state index contributed by atoms with van der Waals surface area (Å²) in [5.74, 6) is 0. The number of aromatic nitrogens is 1. The molecule has 1 saturated heterocycles. The van der Waals surface area contributed by atoms with Gasteiger partial charge in [0.2, 0.25) is 0 Å². The molecular formula is C30H31Cl2N5. The molecule has 7 heteroatoms. The van der Waals surface area contributed by atoms with Crippen LogP contribution in [0.3, 0.4) is 0 Å². The maximum Gasteiger partial charge on any atom is 0.0998 e. The largest absolute Gasteiger partial charge is 0.347 e. The van der Waals surface area contributed by atoms with E-state index >= 15 is 0 Å². The molecule has 0 radical (unpaired) electrons. The number of hydrogen-bond donors (Lipinski definition) is 1. The summed E-state index contributed by atoms with van der Waals surface area (Å²) in [7, 11) is 0. The van der Waals surface area contributed by atoms with E-state index in [9.17, 15) is 5.26 Å². The average Bonchev–Trinajstić information content (AvgIpc) is 3.28. The van der Waals surface area contributed by atoms with E-state index in [0.717, 1.165) is 79.0 Å². The van der Waals surface area contributed by atoms with Crippen LogP contribution in [-0.2, 0) is 19.6 Å². The van der Waals surface area contributed by atoms with Crippen molar-refractivity contribution in [2.45, 2.75) is 26.1 Å². The van der Waals surface area contributed by atoms with Crippen LogP contribution in [0.2, 0.25) is 10.0 Å². The van der Waals surface area contributed by atoms with Crippen LogP contribution in [0.25, 0.3) is 22.0 Å². The molecule has 2 heterocycles. The monoisotopic (exact) mass is 531 g/mol. The number of aryl methyl sites for hydroxylation is 1. The third-order valence-electron chi connectivity index (χ3n) is 7.20. The second kappa shape index (κ2) is 11.7. The van der Waals surface area contributed by atoms with Crippen LogP contribution >= 0.6 is 23.2 Å². The number of nitrogens with two attached hydrogens (primary N) is 1. The van der Waals surface area contributed by atoms with E-state index in [4.69, 9.17) is 28.9 Å². The smallest absolute Gasteiger partial charge is 0.0998 e. The van der Waals surface area contributed by atoms with Crippen molar-refractivity contribution in [3.05, 3.63) is 93.6 Å². The van der Waals surface area contributed by atoms with Crippen molar-refractivity contribution in [1.82, 2.24) is 14.4 Å². The van der Waals surface area contributed by atoms with E-state index in [1.165, 1.54) is 16.5 Å². The lowest BCUT2D eigenvalue weighted by Gasteiger charge is -2.35. The summed E-state index contributed by atoms with van der Waals surface area (Å²) >= 11 is 12.8. The van der Waals surface area contributed by atoms with Crippen LogP contribution < -0.4 is 5.73 Å². The predicted octanol–water partition coefficient (Wildman–Crippen LogP) is 6.15. The summed E-state index contributed by atoms with van der Waals surface area (Å²) in [6.45, 7) is 7.10. The SMILES string of the molecule is N#Cc1ccccc1-c1cn(CCCN)c2ccc(CN3CCN(Cc4c(Cl)cccc4Cl)CC3)cc12. The summed E-state index contributed by atoms with van der Waals surface area (Å²) in [5, 5.41) is 12.4. The molecule has 5 nitrogen and oxygen atoms in total. The minimum atomic E-state index is 0.649. The lowest BCUT2D eigenvalue weighted by atomic mass is 9.99. The van der Waals surface area contributed by atoms with Gasteiger partial charge in [0.15, 0.2) is 0 Å². The minimum absolute atomic E-state index is 0.649. The molecule has 5 rings (SSSR count). The number of nitrogens with zero attached hydrogens (tertiary/aromatic N) is 4. The average molecular weight is 533 g/mol. The third-order valence-corrected chi connectivity index (χ3v) is 7.91. The number of halogens is 2. The molecule has 1 aliphatic heterocycles. The fourth-order valence-electron chi connectivity index (χ4n) is 5.19. The second-order valence-electron chi connectivity index (χ2n) is 9.64. The fourth-order valence-corrected chi connectivity index (χ4v) is 5.71. The van der Waals surface area contributed by atoms with Crippen LogP contribution in [0.5, 0.6) is 0 Å². The Labute approximate surface area is 228 Å². The molecule has 3 aromatic carbocycles. The highest BCUT2D eigenvalue weighted by Gasteiger charge is 2.20. The van der Waals surface area contributed by atoms with Gasteiger partial charge in [-0.1, -0.05) is 53.5 Å². The highest BCUT2D eigenvalue weighted by atomic mass is 35.5. The predicted molar refractivity (Wildman–Crippen MR) is 153 cm³/mol.